The molecule has 0 bridgehead atoms. The first-order chi connectivity index (χ1) is 7.24. The van der Waals surface area contributed by atoms with Gasteiger partial charge in [0.05, 0.1) is 5.75 Å². The highest BCUT2D eigenvalue weighted by Gasteiger charge is 2.35. The molecular weight excluding hydrogens is 247 g/mol. The number of nitrogens with zero attached hydrogens (tertiary/aromatic N) is 1. The molecule has 1 rings (SSSR count). The molecule has 1 aliphatic heterocycles. The molecule has 0 spiro atoms. The van der Waals surface area contributed by atoms with Gasteiger partial charge in [0.25, 0.3) is 0 Å². The van der Waals surface area contributed by atoms with Crippen molar-refractivity contribution in [3.8, 4) is 0 Å². The Morgan fingerprint density at radius 1 is 1.31 bits per heavy atom. The van der Waals surface area contributed by atoms with Gasteiger partial charge in [0, 0.05) is 32.0 Å². The van der Waals surface area contributed by atoms with Crippen molar-refractivity contribution < 1.29 is 26.7 Å². The minimum absolute atomic E-state index is 0.0719. The van der Waals surface area contributed by atoms with Crippen molar-refractivity contribution in [2.45, 2.75) is 19.0 Å². The monoisotopic (exact) mass is 261 g/mol. The second kappa shape index (κ2) is 4.89. The summed E-state index contributed by atoms with van der Waals surface area (Å²) in [6.07, 6.45) is -5.80. The topological polar surface area (TPSA) is 57.6 Å². The summed E-state index contributed by atoms with van der Waals surface area (Å²) in [7, 11) is -3.57. The first-order valence-electron chi connectivity index (χ1n) is 4.90. The molecule has 0 atom stereocenters. The van der Waals surface area contributed by atoms with E-state index in [1.54, 1.807) is 0 Å². The lowest BCUT2D eigenvalue weighted by atomic mass is 10.1. The van der Waals surface area contributed by atoms with Crippen LogP contribution < -0.4 is 0 Å². The van der Waals surface area contributed by atoms with E-state index in [-0.39, 0.29) is 25.6 Å². The molecule has 1 fully saturated rings. The van der Waals surface area contributed by atoms with Crippen LogP contribution in [0, 0.1) is 5.92 Å². The Bertz CT molecular complexity index is 322. The largest absolute Gasteiger partial charge is 0.396 e. The normalized spacial score (nSPS) is 19.8. The smallest absolute Gasteiger partial charge is 0.389 e. The summed E-state index contributed by atoms with van der Waals surface area (Å²) >= 11 is 0. The van der Waals surface area contributed by atoms with Crippen molar-refractivity contribution in [1.82, 2.24) is 4.31 Å². The molecule has 96 valence electrons. The number of hydrogen-bond acceptors (Lipinski definition) is 3. The Morgan fingerprint density at radius 3 is 2.31 bits per heavy atom. The van der Waals surface area contributed by atoms with Gasteiger partial charge in [0.2, 0.25) is 10.0 Å². The van der Waals surface area contributed by atoms with Gasteiger partial charge in [0.15, 0.2) is 0 Å². The third-order valence-corrected chi connectivity index (χ3v) is 4.33. The summed E-state index contributed by atoms with van der Waals surface area (Å²) in [5.74, 6) is -0.553. The Labute approximate surface area is 92.1 Å². The molecule has 1 saturated heterocycles. The van der Waals surface area contributed by atoms with Gasteiger partial charge in [-0.2, -0.15) is 13.2 Å². The van der Waals surface area contributed by atoms with Crippen molar-refractivity contribution in [3.05, 3.63) is 0 Å². The maximum Gasteiger partial charge on any atom is 0.389 e. The molecule has 4 nitrogen and oxygen atoms in total. The quantitative estimate of drug-likeness (QED) is 0.787. The molecule has 16 heavy (non-hydrogen) atoms. The van der Waals surface area contributed by atoms with Crippen LogP contribution in [0.3, 0.4) is 0 Å². The predicted molar refractivity (Wildman–Crippen MR) is 51.2 cm³/mol. The van der Waals surface area contributed by atoms with Crippen molar-refractivity contribution in [3.63, 3.8) is 0 Å². The molecule has 0 amide bonds. The fourth-order valence-electron chi connectivity index (χ4n) is 1.45. The number of aliphatic hydroxyl groups is 1. The molecule has 1 heterocycles. The highest BCUT2D eigenvalue weighted by atomic mass is 32.2. The first kappa shape index (κ1) is 13.7. The maximum absolute atomic E-state index is 11.8. The Kier molecular flexibility index (Phi) is 4.19. The maximum atomic E-state index is 11.8. The van der Waals surface area contributed by atoms with Crippen LogP contribution in [0.5, 0.6) is 0 Å². The Morgan fingerprint density at radius 2 is 1.88 bits per heavy atom. The zero-order valence-corrected chi connectivity index (χ0v) is 9.39. The minimum atomic E-state index is -4.31. The number of halogens is 3. The van der Waals surface area contributed by atoms with Crippen LogP contribution in [0.1, 0.15) is 12.8 Å². The molecule has 0 aromatic rings. The van der Waals surface area contributed by atoms with E-state index in [9.17, 15) is 21.6 Å². The summed E-state index contributed by atoms with van der Waals surface area (Å²) in [5, 5.41) is 8.68. The van der Waals surface area contributed by atoms with E-state index in [0.29, 0.717) is 0 Å². The molecule has 0 radical (unpaired) electrons. The molecule has 0 aliphatic carbocycles. The van der Waals surface area contributed by atoms with Crippen molar-refractivity contribution in [2.24, 2.45) is 5.92 Å². The van der Waals surface area contributed by atoms with Gasteiger partial charge in [-0.05, 0) is 6.42 Å². The summed E-state index contributed by atoms with van der Waals surface area (Å²) in [6, 6.07) is 0. The fraction of sp³-hybridized carbons (Fsp3) is 1.00. The summed E-state index contributed by atoms with van der Waals surface area (Å²) in [6.45, 7) is 0.338. The lowest BCUT2D eigenvalue weighted by Gasteiger charge is -2.36. The molecule has 0 unspecified atom stereocenters. The molecule has 0 saturated carbocycles. The van der Waals surface area contributed by atoms with E-state index in [0.717, 1.165) is 4.31 Å². The molecule has 0 aromatic heterocycles. The zero-order chi connectivity index (χ0) is 12.4. The highest BCUT2D eigenvalue weighted by molar-refractivity contribution is 7.89. The van der Waals surface area contributed by atoms with Crippen LogP contribution in [0.15, 0.2) is 0 Å². The molecule has 0 aromatic carbocycles. The third kappa shape index (κ3) is 3.91. The van der Waals surface area contributed by atoms with E-state index in [2.05, 4.69) is 0 Å². The number of hydrogen-bond donors (Lipinski definition) is 1. The zero-order valence-electron chi connectivity index (χ0n) is 8.57. The lowest BCUT2D eigenvalue weighted by Crippen LogP contribution is -2.51. The van der Waals surface area contributed by atoms with Gasteiger partial charge in [0.1, 0.15) is 0 Å². The number of alkyl halides is 3. The Balaban J connectivity index is 2.31. The van der Waals surface area contributed by atoms with Gasteiger partial charge in [-0.15, -0.1) is 0 Å². The van der Waals surface area contributed by atoms with E-state index in [1.165, 1.54) is 0 Å². The SMILES string of the molecule is O=S(=O)(CCCC(F)(F)F)N1CC(CO)C1. The lowest BCUT2D eigenvalue weighted by molar-refractivity contribution is -0.134. The standard InChI is InChI=1S/C8H14F3NO3S/c9-8(10,11)2-1-3-16(14,15)12-4-7(5-12)6-13/h7,13H,1-6H2. The first-order valence-corrected chi connectivity index (χ1v) is 6.51. The van der Waals surface area contributed by atoms with Crippen LogP contribution in [0.4, 0.5) is 13.2 Å². The van der Waals surface area contributed by atoms with E-state index >= 15 is 0 Å². The number of sulfonamides is 1. The second-order valence-electron chi connectivity index (χ2n) is 3.90. The number of rotatable bonds is 5. The average molecular weight is 261 g/mol. The van der Waals surface area contributed by atoms with Gasteiger partial charge >= 0.3 is 6.18 Å². The van der Waals surface area contributed by atoms with Crippen molar-refractivity contribution in [1.29, 1.82) is 0 Å². The van der Waals surface area contributed by atoms with E-state index in [1.807, 2.05) is 0 Å². The molecule has 1 aliphatic rings. The fourth-order valence-corrected chi connectivity index (χ4v) is 3.09. The van der Waals surface area contributed by atoms with Crippen LogP contribution in [-0.4, -0.2) is 49.5 Å². The van der Waals surface area contributed by atoms with Gasteiger partial charge in [-0.1, -0.05) is 0 Å². The summed E-state index contributed by atoms with van der Waals surface area (Å²) < 4.78 is 59.4. The number of aliphatic hydroxyl groups excluding tert-OH is 1. The molecular formula is C8H14F3NO3S. The summed E-state index contributed by atoms with van der Waals surface area (Å²) in [4.78, 5) is 0. The van der Waals surface area contributed by atoms with Gasteiger partial charge in [-0.3, -0.25) is 0 Å². The second-order valence-corrected chi connectivity index (χ2v) is 5.99. The average Bonchev–Trinajstić information content (AvgIpc) is 1.97. The van der Waals surface area contributed by atoms with Gasteiger partial charge < -0.3 is 5.11 Å². The van der Waals surface area contributed by atoms with Crippen LogP contribution in [0.25, 0.3) is 0 Å². The molecule has 8 heteroatoms. The molecule has 1 N–H and O–H groups in total. The van der Waals surface area contributed by atoms with E-state index in [4.69, 9.17) is 5.11 Å². The van der Waals surface area contributed by atoms with Crippen LogP contribution >= 0.6 is 0 Å². The minimum Gasteiger partial charge on any atom is -0.396 e. The third-order valence-electron chi connectivity index (χ3n) is 2.44. The van der Waals surface area contributed by atoms with Crippen molar-refractivity contribution in [2.75, 3.05) is 25.4 Å². The van der Waals surface area contributed by atoms with Gasteiger partial charge in [-0.25, -0.2) is 12.7 Å². The highest BCUT2D eigenvalue weighted by Crippen LogP contribution is 2.24. The van der Waals surface area contributed by atoms with Crippen LogP contribution in [0.2, 0.25) is 0 Å². The van der Waals surface area contributed by atoms with E-state index < -0.39 is 34.8 Å². The van der Waals surface area contributed by atoms with Crippen LogP contribution in [-0.2, 0) is 10.0 Å². The summed E-state index contributed by atoms with van der Waals surface area (Å²) in [5.41, 5.74) is 0. The van der Waals surface area contributed by atoms with Crippen molar-refractivity contribution >= 4 is 10.0 Å². The Hall–Kier alpha value is -0.340. The predicted octanol–water partition coefficient (Wildman–Crippen LogP) is 0.583.